The number of nitrogens with one attached hydrogen (secondary N) is 1. The van der Waals surface area contributed by atoms with Crippen LogP contribution in [0.4, 0.5) is 5.82 Å². The SMILES string of the molecule is Cn1cnc2c(NCCc3nc(C(=O)O)cs3)nccc21. The number of fused-ring (bicyclic) bond motifs is 1. The zero-order valence-corrected chi connectivity index (χ0v) is 12.1. The highest BCUT2D eigenvalue weighted by Gasteiger charge is 2.09. The third kappa shape index (κ3) is 2.70. The Morgan fingerprint density at radius 3 is 3.10 bits per heavy atom. The maximum absolute atomic E-state index is 10.8. The lowest BCUT2D eigenvalue weighted by atomic mass is 10.3. The molecule has 0 saturated heterocycles. The molecule has 3 heterocycles. The van der Waals surface area contributed by atoms with Crippen LogP contribution in [-0.2, 0) is 13.5 Å². The molecule has 7 nitrogen and oxygen atoms in total. The Morgan fingerprint density at radius 1 is 1.48 bits per heavy atom. The molecule has 0 aliphatic heterocycles. The summed E-state index contributed by atoms with van der Waals surface area (Å²) in [6.45, 7) is 0.620. The maximum Gasteiger partial charge on any atom is 0.355 e. The van der Waals surface area contributed by atoms with Crippen LogP contribution in [0.15, 0.2) is 24.0 Å². The molecular formula is C13H13N5O2S. The standard InChI is InChI=1S/C13H13N5O2S/c1-18-7-16-11-9(18)2-4-14-12(11)15-5-3-10-17-8(6-21-10)13(19)20/h2,4,6-7H,3,5H2,1H3,(H,14,15)(H,19,20). The number of aromatic carboxylic acids is 1. The van der Waals surface area contributed by atoms with Crippen molar-refractivity contribution in [3.63, 3.8) is 0 Å². The quantitative estimate of drug-likeness (QED) is 0.746. The van der Waals surface area contributed by atoms with Crippen LogP contribution in [-0.4, -0.2) is 37.1 Å². The van der Waals surface area contributed by atoms with Crippen LogP contribution in [0.25, 0.3) is 11.0 Å². The van der Waals surface area contributed by atoms with E-state index in [4.69, 9.17) is 5.11 Å². The molecule has 3 aromatic rings. The van der Waals surface area contributed by atoms with Gasteiger partial charge in [0, 0.05) is 31.6 Å². The number of anilines is 1. The number of imidazole rings is 1. The van der Waals surface area contributed by atoms with Crippen LogP contribution in [0, 0.1) is 0 Å². The molecule has 0 spiro atoms. The smallest absolute Gasteiger partial charge is 0.355 e. The lowest BCUT2D eigenvalue weighted by molar-refractivity contribution is 0.0691. The van der Waals surface area contributed by atoms with Gasteiger partial charge in [0.15, 0.2) is 11.5 Å². The molecule has 0 unspecified atom stereocenters. The van der Waals surface area contributed by atoms with Crippen molar-refractivity contribution in [1.29, 1.82) is 0 Å². The first-order chi connectivity index (χ1) is 10.1. The normalized spacial score (nSPS) is 10.9. The summed E-state index contributed by atoms with van der Waals surface area (Å²) in [6, 6.07) is 1.91. The molecule has 108 valence electrons. The average molecular weight is 303 g/mol. The molecule has 0 saturated carbocycles. The molecule has 0 aromatic carbocycles. The van der Waals surface area contributed by atoms with Gasteiger partial charge < -0.3 is 15.0 Å². The highest BCUT2D eigenvalue weighted by molar-refractivity contribution is 7.09. The van der Waals surface area contributed by atoms with E-state index in [0.29, 0.717) is 13.0 Å². The number of hydrogen-bond acceptors (Lipinski definition) is 6. The van der Waals surface area contributed by atoms with Gasteiger partial charge in [-0.05, 0) is 6.07 Å². The summed E-state index contributed by atoms with van der Waals surface area (Å²) in [6.07, 6.45) is 4.12. The first-order valence-electron chi connectivity index (χ1n) is 6.33. The summed E-state index contributed by atoms with van der Waals surface area (Å²) in [5, 5.41) is 14.4. The molecule has 0 radical (unpaired) electrons. The molecule has 0 fully saturated rings. The minimum absolute atomic E-state index is 0.0972. The van der Waals surface area contributed by atoms with Crippen LogP contribution in [0.3, 0.4) is 0 Å². The average Bonchev–Trinajstić information content (AvgIpc) is 3.07. The van der Waals surface area contributed by atoms with Gasteiger partial charge in [0.2, 0.25) is 0 Å². The van der Waals surface area contributed by atoms with Gasteiger partial charge in [-0.15, -0.1) is 11.3 Å². The number of aryl methyl sites for hydroxylation is 1. The van der Waals surface area contributed by atoms with Crippen molar-refractivity contribution in [2.75, 3.05) is 11.9 Å². The third-order valence-electron chi connectivity index (χ3n) is 3.05. The second-order valence-corrected chi connectivity index (χ2v) is 5.43. The summed E-state index contributed by atoms with van der Waals surface area (Å²) in [5.41, 5.74) is 1.93. The number of hydrogen-bond donors (Lipinski definition) is 2. The van der Waals surface area contributed by atoms with Gasteiger partial charge >= 0.3 is 5.97 Å². The van der Waals surface area contributed by atoms with Crippen LogP contribution in [0.2, 0.25) is 0 Å². The van der Waals surface area contributed by atoms with Crippen LogP contribution >= 0.6 is 11.3 Å². The molecule has 8 heteroatoms. The van der Waals surface area contributed by atoms with E-state index in [9.17, 15) is 4.79 Å². The minimum atomic E-state index is -0.995. The summed E-state index contributed by atoms with van der Waals surface area (Å²) >= 11 is 1.35. The van der Waals surface area contributed by atoms with Crippen LogP contribution in [0.5, 0.6) is 0 Å². The molecular weight excluding hydrogens is 290 g/mol. The van der Waals surface area contributed by atoms with E-state index in [1.807, 2.05) is 17.7 Å². The van der Waals surface area contributed by atoms with Crippen molar-refractivity contribution in [2.24, 2.45) is 7.05 Å². The van der Waals surface area contributed by atoms with Gasteiger partial charge in [-0.25, -0.2) is 19.7 Å². The summed E-state index contributed by atoms with van der Waals surface area (Å²) in [7, 11) is 1.93. The summed E-state index contributed by atoms with van der Waals surface area (Å²) in [5.74, 6) is -0.270. The Kier molecular flexibility index (Phi) is 3.53. The van der Waals surface area contributed by atoms with E-state index in [-0.39, 0.29) is 5.69 Å². The minimum Gasteiger partial charge on any atom is -0.476 e. The molecule has 21 heavy (non-hydrogen) atoms. The van der Waals surface area contributed by atoms with Crippen molar-refractivity contribution >= 4 is 34.2 Å². The molecule has 0 bridgehead atoms. The fourth-order valence-electron chi connectivity index (χ4n) is 2.00. The maximum atomic E-state index is 10.8. The number of rotatable bonds is 5. The Hall–Kier alpha value is -2.48. The predicted molar refractivity (Wildman–Crippen MR) is 79.8 cm³/mol. The van der Waals surface area contributed by atoms with E-state index in [1.54, 1.807) is 17.9 Å². The number of carboxylic acid groups (broad SMARTS) is 1. The molecule has 2 N–H and O–H groups in total. The molecule has 3 rings (SSSR count). The third-order valence-corrected chi connectivity index (χ3v) is 3.95. The number of carboxylic acids is 1. The largest absolute Gasteiger partial charge is 0.476 e. The fourth-order valence-corrected chi connectivity index (χ4v) is 2.78. The highest BCUT2D eigenvalue weighted by Crippen LogP contribution is 2.18. The predicted octanol–water partition coefficient (Wildman–Crippen LogP) is 1.78. The van der Waals surface area contributed by atoms with Gasteiger partial charge in [0.05, 0.1) is 16.9 Å². The highest BCUT2D eigenvalue weighted by atomic mass is 32.1. The van der Waals surface area contributed by atoms with Gasteiger partial charge in [-0.2, -0.15) is 0 Å². The van der Waals surface area contributed by atoms with Crippen molar-refractivity contribution in [3.8, 4) is 0 Å². The van der Waals surface area contributed by atoms with E-state index >= 15 is 0 Å². The van der Waals surface area contributed by atoms with Gasteiger partial charge in [0.1, 0.15) is 5.52 Å². The van der Waals surface area contributed by atoms with E-state index in [1.165, 1.54) is 11.3 Å². The number of nitrogens with zero attached hydrogens (tertiary/aromatic N) is 4. The van der Waals surface area contributed by atoms with E-state index < -0.39 is 5.97 Å². The van der Waals surface area contributed by atoms with Gasteiger partial charge in [-0.1, -0.05) is 0 Å². The van der Waals surface area contributed by atoms with Gasteiger partial charge in [-0.3, -0.25) is 0 Å². The molecule has 0 aliphatic carbocycles. The zero-order chi connectivity index (χ0) is 14.8. The molecule has 3 aromatic heterocycles. The fraction of sp³-hybridized carbons (Fsp3) is 0.231. The summed E-state index contributed by atoms with van der Waals surface area (Å²) < 4.78 is 1.93. The van der Waals surface area contributed by atoms with E-state index in [2.05, 4.69) is 20.3 Å². The van der Waals surface area contributed by atoms with Gasteiger partial charge in [0.25, 0.3) is 0 Å². The Balaban J connectivity index is 1.67. The van der Waals surface area contributed by atoms with Crippen molar-refractivity contribution in [2.45, 2.75) is 6.42 Å². The van der Waals surface area contributed by atoms with Crippen molar-refractivity contribution in [3.05, 3.63) is 34.7 Å². The molecule has 0 amide bonds. The van der Waals surface area contributed by atoms with Crippen molar-refractivity contribution in [1.82, 2.24) is 19.5 Å². The number of thiazole rings is 1. The number of pyridine rings is 1. The van der Waals surface area contributed by atoms with Crippen molar-refractivity contribution < 1.29 is 9.90 Å². The molecule has 0 aliphatic rings. The second kappa shape index (κ2) is 5.49. The zero-order valence-electron chi connectivity index (χ0n) is 11.3. The first kappa shape index (κ1) is 13.5. The second-order valence-electron chi connectivity index (χ2n) is 4.49. The Labute approximate surface area is 124 Å². The Bertz CT molecular complexity index is 795. The monoisotopic (exact) mass is 303 g/mol. The van der Waals surface area contributed by atoms with Crippen LogP contribution < -0.4 is 5.32 Å². The topological polar surface area (TPSA) is 92.9 Å². The number of carbonyl (C=O) groups is 1. The first-order valence-corrected chi connectivity index (χ1v) is 7.20. The summed E-state index contributed by atoms with van der Waals surface area (Å²) in [4.78, 5) is 23.4. The van der Waals surface area contributed by atoms with Crippen LogP contribution in [0.1, 0.15) is 15.5 Å². The Morgan fingerprint density at radius 2 is 2.33 bits per heavy atom. The lowest BCUT2D eigenvalue weighted by Gasteiger charge is -2.04. The number of aromatic nitrogens is 4. The lowest BCUT2D eigenvalue weighted by Crippen LogP contribution is -2.07. The van der Waals surface area contributed by atoms with E-state index in [0.717, 1.165) is 21.9 Å². The molecule has 0 atom stereocenters.